The van der Waals surface area contributed by atoms with Crippen molar-refractivity contribution in [3.63, 3.8) is 0 Å². The summed E-state index contributed by atoms with van der Waals surface area (Å²) in [5, 5.41) is 20.8. The first-order valence-corrected chi connectivity index (χ1v) is 15.7. The first-order valence-electron chi connectivity index (χ1n) is 14.2. The van der Waals surface area contributed by atoms with Crippen molar-refractivity contribution in [2.24, 2.45) is 5.92 Å². The standard InChI is InChI=1S/C29H35N7O4S/c1-29(37)11-8-20(9-12-29)16-31-25-15-27(32-17-21(25)4-5-23-3-2-14-40-23)34-26-10-13-30-28(35-26)22-18-33-36(19-22)41(38,39)24-6-7-24/h10,13,15,17-20,23-24,37H,2-3,6-9,11-12,14,16H2,1H3,(H2,30,31,32,34,35). The lowest BCUT2D eigenvalue weighted by Crippen LogP contribution is -2.32. The number of ether oxygens (including phenoxy) is 1. The maximum atomic E-state index is 12.5. The van der Waals surface area contributed by atoms with Gasteiger partial charge in [0.1, 0.15) is 17.7 Å². The van der Waals surface area contributed by atoms with Gasteiger partial charge >= 0.3 is 0 Å². The van der Waals surface area contributed by atoms with E-state index in [1.165, 1.54) is 12.4 Å². The lowest BCUT2D eigenvalue weighted by molar-refractivity contribution is 0.00976. The average Bonchev–Trinajstić information content (AvgIpc) is 3.47. The monoisotopic (exact) mass is 577 g/mol. The van der Waals surface area contributed by atoms with Gasteiger partial charge in [0.15, 0.2) is 5.82 Å². The first kappa shape index (κ1) is 27.6. The van der Waals surface area contributed by atoms with Gasteiger partial charge in [0, 0.05) is 31.6 Å². The van der Waals surface area contributed by atoms with E-state index in [9.17, 15) is 13.5 Å². The van der Waals surface area contributed by atoms with Gasteiger partial charge < -0.3 is 20.5 Å². The van der Waals surface area contributed by atoms with Crippen LogP contribution >= 0.6 is 0 Å². The van der Waals surface area contributed by atoms with E-state index in [1.807, 2.05) is 13.0 Å². The van der Waals surface area contributed by atoms with Gasteiger partial charge in [-0.25, -0.2) is 23.4 Å². The molecule has 0 amide bonds. The molecule has 3 aromatic rings. The maximum Gasteiger partial charge on any atom is 0.256 e. The van der Waals surface area contributed by atoms with Gasteiger partial charge in [0.2, 0.25) is 0 Å². The molecule has 0 radical (unpaired) electrons. The van der Waals surface area contributed by atoms with Gasteiger partial charge in [0.25, 0.3) is 10.0 Å². The molecular formula is C29H35N7O4S. The summed E-state index contributed by atoms with van der Waals surface area (Å²) in [4.78, 5) is 13.5. The minimum absolute atomic E-state index is 0.0516. The van der Waals surface area contributed by atoms with Crippen LogP contribution in [0.2, 0.25) is 0 Å². The zero-order valence-electron chi connectivity index (χ0n) is 23.1. The molecule has 2 saturated carbocycles. The molecular weight excluding hydrogens is 542 g/mol. The normalized spacial score (nSPS) is 24.4. The second-order valence-corrected chi connectivity index (χ2v) is 13.5. The zero-order valence-corrected chi connectivity index (χ0v) is 23.9. The number of nitrogens with zero attached hydrogens (tertiary/aromatic N) is 5. The van der Waals surface area contributed by atoms with Crippen LogP contribution in [-0.4, -0.2) is 67.8 Å². The molecule has 4 heterocycles. The van der Waals surface area contributed by atoms with Crippen molar-refractivity contribution in [1.29, 1.82) is 0 Å². The van der Waals surface area contributed by atoms with E-state index in [0.29, 0.717) is 41.8 Å². The molecule has 216 valence electrons. The zero-order chi connectivity index (χ0) is 28.5. The van der Waals surface area contributed by atoms with Crippen LogP contribution in [0, 0.1) is 17.8 Å². The van der Waals surface area contributed by atoms with E-state index in [0.717, 1.165) is 67.0 Å². The van der Waals surface area contributed by atoms with Gasteiger partial charge in [-0.05, 0) is 70.3 Å². The predicted molar refractivity (Wildman–Crippen MR) is 155 cm³/mol. The Hall–Kier alpha value is -3.53. The summed E-state index contributed by atoms with van der Waals surface area (Å²) in [7, 11) is -3.46. The second kappa shape index (κ2) is 11.4. The van der Waals surface area contributed by atoms with Crippen LogP contribution < -0.4 is 10.6 Å². The summed E-state index contributed by atoms with van der Waals surface area (Å²) in [6.07, 6.45) is 13.0. The summed E-state index contributed by atoms with van der Waals surface area (Å²) < 4.78 is 31.7. The first-order chi connectivity index (χ1) is 19.7. The van der Waals surface area contributed by atoms with Gasteiger partial charge in [-0.15, -0.1) is 0 Å². The smallest absolute Gasteiger partial charge is 0.256 e. The van der Waals surface area contributed by atoms with E-state index in [-0.39, 0.29) is 11.4 Å². The lowest BCUT2D eigenvalue weighted by Gasteiger charge is -2.33. The quantitative estimate of drug-likeness (QED) is 0.339. The third-order valence-electron chi connectivity index (χ3n) is 7.90. The van der Waals surface area contributed by atoms with Crippen molar-refractivity contribution in [2.75, 3.05) is 23.8 Å². The van der Waals surface area contributed by atoms with E-state index in [1.54, 1.807) is 18.5 Å². The predicted octanol–water partition coefficient (Wildman–Crippen LogP) is 3.70. The Morgan fingerprint density at radius 3 is 2.73 bits per heavy atom. The molecule has 3 aliphatic rings. The third kappa shape index (κ3) is 6.69. The highest BCUT2D eigenvalue weighted by Crippen LogP contribution is 2.33. The fourth-order valence-electron chi connectivity index (χ4n) is 5.15. The van der Waals surface area contributed by atoms with Crippen LogP contribution in [0.5, 0.6) is 0 Å². The summed E-state index contributed by atoms with van der Waals surface area (Å²) in [6.45, 7) is 3.44. The number of pyridine rings is 1. The molecule has 6 rings (SSSR count). The lowest BCUT2D eigenvalue weighted by atomic mass is 9.80. The van der Waals surface area contributed by atoms with Crippen LogP contribution in [0.15, 0.2) is 36.9 Å². The van der Waals surface area contributed by atoms with Crippen LogP contribution in [0.1, 0.15) is 63.9 Å². The molecule has 1 saturated heterocycles. The van der Waals surface area contributed by atoms with Gasteiger partial charge in [0.05, 0.1) is 40.1 Å². The van der Waals surface area contributed by atoms with Crippen molar-refractivity contribution >= 4 is 27.3 Å². The number of hydrogen-bond donors (Lipinski definition) is 3. The Morgan fingerprint density at radius 1 is 1.15 bits per heavy atom. The van der Waals surface area contributed by atoms with E-state index < -0.39 is 15.6 Å². The van der Waals surface area contributed by atoms with Crippen LogP contribution in [-0.2, 0) is 14.8 Å². The number of aromatic nitrogens is 5. The van der Waals surface area contributed by atoms with Gasteiger partial charge in [-0.2, -0.15) is 9.19 Å². The molecule has 3 N–H and O–H groups in total. The van der Waals surface area contributed by atoms with Crippen molar-refractivity contribution in [1.82, 2.24) is 24.1 Å². The molecule has 1 unspecified atom stereocenters. The topological polar surface area (TPSA) is 144 Å². The largest absolute Gasteiger partial charge is 0.390 e. The van der Waals surface area contributed by atoms with E-state index >= 15 is 0 Å². The molecule has 41 heavy (non-hydrogen) atoms. The summed E-state index contributed by atoms with van der Waals surface area (Å²) in [6, 6.07) is 3.64. The van der Waals surface area contributed by atoms with Crippen molar-refractivity contribution in [3.05, 3.63) is 42.5 Å². The molecule has 12 heteroatoms. The maximum absolute atomic E-state index is 12.5. The number of rotatable bonds is 8. The molecule has 2 aliphatic carbocycles. The number of anilines is 3. The van der Waals surface area contributed by atoms with Crippen molar-refractivity contribution in [3.8, 4) is 23.2 Å². The summed E-state index contributed by atoms with van der Waals surface area (Å²) in [5.41, 5.74) is 1.61. The van der Waals surface area contributed by atoms with Crippen molar-refractivity contribution in [2.45, 2.75) is 75.2 Å². The number of hydrogen-bond acceptors (Lipinski definition) is 10. The summed E-state index contributed by atoms with van der Waals surface area (Å²) >= 11 is 0. The number of nitrogens with one attached hydrogen (secondary N) is 2. The molecule has 11 nitrogen and oxygen atoms in total. The SMILES string of the molecule is CC1(O)CCC(CNc2cc(Nc3ccnc(-c4cnn(S(=O)(=O)C5CC5)c4)n3)ncc2C#CC2CCCO2)CC1. The van der Waals surface area contributed by atoms with Crippen LogP contribution in [0.4, 0.5) is 17.3 Å². The number of aliphatic hydroxyl groups is 1. The highest BCUT2D eigenvalue weighted by atomic mass is 32.2. The van der Waals surface area contributed by atoms with E-state index in [2.05, 4.69) is 42.5 Å². The highest BCUT2D eigenvalue weighted by Gasteiger charge is 2.37. The van der Waals surface area contributed by atoms with Crippen LogP contribution in [0.25, 0.3) is 11.4 Å². The molecule has 0 bridgehead atoms. The fourth-order valence-corrected chi connectivity index (χ4v) is 6.63. The Bertz CT molecular complexity index is 1560. The second-order valence-electron chi connectivity index (χ2n) is 11.4. The molecule has 3 fully saturated rings. The van der Waals surface area contributed by atoms with Crippen molar-refractivity contribution < 1.29 is 18.3 Å². The Morgan fingerprint density at radius 2 is 1.98 bits per heavy atom. The molecule has 0 aromatic carbocycles. The van der Waals surface area contributed by atoms with Gasteiger partial charge in [-0.3, -0.25) is 0 Å². The average molecular weight is 578 g/mol. The minimum Gasteiger partial charge on any atom is -0.390 e. The molecule has 1 atom stereocenters. The summed E-state index contributed by atoms with van der Waals surface area (Å²) in [5.74, 6) is 8.40. The fraction of sp³-hybridized carbons (Fsp3) is 0.517. The third-order valence-corrected chi connectivity index (χ3v) is 9.94. The van der Waals surface area contributed by atoms with E-state index in [4.69, 9.17) is 4.74 Å². The molecule has 3 aromatic heterocycles. The Balaban J connectivity index is 1.19. The molecule has 1 aliphatic heterocycles. The van der Waals surface area contributed by atoms with Crippen LogP contribution in [0.3, 0.4) is 0 Å². The minimum atomic E-state index is -3.46. The molecule has 0 spiro atoms. The van der Waals surface area contributed by atoms with Gasteiger partial charge in [-0.1, -0.05) is 11.8 Å². The Labute approximate surface area is 240 Å². The Kier molecular flexibility index (Phi) is 7.68. The highest BCUT2D eigenvalue weighted by molar-refractivity contribution is 7.90.